The highest BCUT2D eigenvalue weighted by Crippen LogP contribution is 2.34. The van der Waals surface area contributed by atoms with Gasteiger partial charge in [0.1, 0.15) is 11.4 Å². The van der Waals surface area contributed by atoms with E-state index in [0.29, 0.717) is 11.3 Å². The Kier molecular flexibility index (Phi) is 1.86. The highest BCUT2D eigenvalue weighted by Gasteiger charge is 2.10. The van der Waals surface area contributed by atoms with E-state index >= 15 is 0 Å². The normalized spacial score (nSPS) is 10.8. The molecule has 3 aromatic rings. The average Bonchev–Trinajstić information content (AvgIpc) is 2.82. The van der Waals surface area contributed by atoms with Crippen LogP contribution in [0.5, 0.6) is 5.75 Å². The summed E-state index contributed by atoms with van der Waals surface area (Å²) in [4.78, 5) is 0. The first-order valence-corrected chi connectivity index (χ1v) is 4.93. The Bertz CT molecular complexity index is 632. The molecule has 16 heavy (non-hydrogen) atoms. The third-order valence-corrected chi connectivity index (χ3v) is 2.58. The van der Waals surface area contributed by atoms with E-state index in [4.69, 9.17) is 0 Å². The van der Waals surface area contributed by atoms with Crippen LogP contribution in [0.25, 0.3) is 22.0 Å². The second kappa shape index (κ2) is 3.34. The van der Waals surface area contributed by atoms with Crippen LogP contribution in [0, 0.1) is 0 Å². The number of hydrogen-bond acceptors (Lipinski definition) is 3. The summed E-state index contributed by atoms with van der Waals surface area (Å²) >= 11 is 0. The predicted octanol–water partition coefficient (Wildman–Crippen LogP) is 2.33. The zero-order valence-electron chi connectivity index (χ0n) is 8.38. The average molecular weight is 211 g/mol. The maximum Gasteiger partial charge on any atom is 0.125 e. The van der Waals surface area contributed by atoms with Crippen molar-refractivity contribution < 1.29 is 5.11 Å². The minimum Gasteiger partial charge on any atom is -0.507 e. The fraction of sp³-hybridized carbons (Fsp3) is 0. The van der Waals surface area contributed by atoms with Gasteiger partial charge >= 0.3 is 0 Å². The quantitative estimate of drug-likeness (QED) is 0.649. The minimum absolute atomic E-state index is 0.215. The van der Waals surface area contributed by atoms with E-state index in [1.807, 2.05) is 30.3 Å². The molecule has 4 heteroatoms. The first kappa shape index (κ1) is 8.91. The smallest absolute Gasteiger partial charge is 0.125 e. The van der Waals surface area contributed by atoms with E-state index in [1.165, 1.54) is 0 Å². The lowest BCUT2D eigenvalue weighted by atomic mass is 10.0. The number of aromatic hydroxyl groups is 1. The zero-order valence-corrected chi connectivity index (χ0v) is 8.38. The maximum atomic E-state index is 9.90. The van der Waals surface area contributed by atoms with Gasteiger partial charge in [0, 0.05) is 0 Å². The van der Waals surface area contributed by atoms with Gasteiger partial charge in [-0.25, -0.2) is 0 Å². The van der Waals surface area contributed by atoms with Gasteiger partial charge in [-0.05, 0) is 16.8 Å². The van der Waals surface area contributed by atoms with E-state index in [2.05, 4.69) is 15.4 Å². The molecular weight excluding hydrogens is 202 g/mol. The highest BCUT2D eigenvalue weighted by molar-refractivity contribution is 5.98. The molecule has 2 aromatic carbocycles. The number of phenols is 1. The third-order valence-electron chi connectivity index (χ3n) is 2.58. The largest absolute Gasteiger partial charge is 0.507 e. The molecule has 0 saturated carbocycles. The molecule has 0 aliphatic heterocycles. The SMILES string of the molecule is Oc1ccc2ccccc2c1-c1cn[nH]n1. The molecule has 0 aliphatic carbocycles. The molecule has 1 aromatic heterocycles. The van der Waals surface area contributed by atoms with Crippen LogP contribution in [0.2, 0.25) is 0 Å². The Labute approximate surface area is 91.5 Å². The van der Waals surface area contributed by atoms with E-state index in [9.17, 15) is 5.11 Å². The first-order valence-electron chi connectivity index (χ1n) is 4.93. The van der Waals surface area contributed by atoms with Crippen molar-refractivity contribution in [2.75, 3.05) is 0 Å². The van der Waals surface area contributed by atoms with E-state index in [0.717, 1.165) is 10.8 Å². The Morgan fingerprint density at radius 3 is 2.75 bits per heavy atom. The van der Waals surface area contributed by atoms with Gasteiger partial charge in [0.2, 0.25) is 0 Å². The maximum absolute atomic E-state index is 9.90. The van der Waals surface area contributed by atoms with Crippen LogP contribution in [0.1, 0.15) is 0 Å². The van der Waals surface area contributed by atoms with E-state index in [-0.39, 0.29) is 5.75 Å². The number of hydrogen-bond donors (Lipinski definition) is 2. The van der Waals surface area contributed by atoms with Crippen LogP contribution in [-0.4, -0.2) is 20.5 Å². The van der Waals surface area contributed by atoms with Gasteiger partial charge < -0.3 is 5.11 Å². The Morgan fingerprint density at radius 2 is 1.94 bits per heavy atom. The van der Waals surface area contributed by atoms with Crippen molar-refractivity contribution >= 4 is 10.8 Å². The lowest BCUT2D eigenvalue weighted by molar-refractivity contribution is 0.478. The summed E-state index contributed by atoms with van der Waals surface area (Å²) in [5.74, 6) is 0.215. The molecule has 0 atom stereocenters. The van der Waals surface area contributed by atoms with E-state index in [1.54, 1.807) is 12.3 Å². The fourth-order valence-electron chi connectivity index (χ4n) is 1.85. The molecule has 2 N–H and O–H groups in total. The predicted molar refractivity (Wildman–Crippen MR) is 61.0 cm³/mol. The number of phenolic OH excluding ortho intramolecular Hbond substituents is 1. The van der Waals surface area contributed by atoms with Gasteiger partial charge in [0.05, 0.1) is 11.8 Å². The minimum atomic E-state index is 0.215. The van der Waals surface area contributed by atoms with E-state index < -0.39 is 0 Å². The van der Waals surface area contributed by atoms with Crippen LogP contribution in [0.15, 0.2) is 42.6 Å². The summed E-state index contributed by atoms with van der Waals surface area (Å²) < 4.78 is 0. The van der Waals surface area contributed by atoms with Gasteiger partial charge in [0.25, 0.3) is 0 Å². The Balaban J connectivity index is 2.42. The van der Waals surface area contributed by atoms with Gasteiger partial charge in [-0.15, -0.1) is 0 Å². The monoisotopic (exact) mass is 211 g/mol. The molecule has 0 spiro atoms. The fourth-order valence-corrected chi connectivity index (χ4v) is 1.85. The standard InChI is InChI=1S/C12H9N3O/c16-11-6-5-8-3-1-2-4-9(8)12(11)10-7-13-15-14-10/h1-7,16H,(H,13,14,15). The number of rotatable bonds is 1. The molecular formula is C12H9N3O. The highest BCUT2D eigenvalue weighted by atomic mass is 16.3. The van der Waals surface area contributed by atoms with Crippen molar-refractivity contribution in [3.8, 4) is 17.0 Å². The molecule has 1 heterocycles. The molecule has 0 bridgehead atoms. The first-order chi connectivity index (χ1) is 7.86. The number of aromatic nitrogens is 3. The third kappa shape index (κ3) is 1.24. The zero-order chi connectivity index (χ0) is 11.0. The van der Waals surface area contributed by atoms with Crippen LogP contribution >= 0.6 is 0 Å². The molecule has 0 unspecified atom stereocenters. The summed E-state index contributed by atoms with van der Waals surface area (Å²) in [5, 5.41) is 22.2. The molecule has 3 rings (SSSR count). The lowest BCUT2D eigenvalue weighted by Gasteiger charge is -2.05. The van der Waals surface area contributed by atoms with Crippen molar-refractivity contribution in [2.45, 2.75) is 0 Å². The van der Waals surface area contributed by atoms with Crippen molar-refractivity contribution in [2.24, 2.45) is 0 Å². The van der Waals surface area contributed by atoms with Gasteiger partial charge in [0.15, 0.2) is 0 Å². The molecule has 78 valence electrons. The summed E-state index contributed by atoms with van der Waals surface area (Å²) in [6, 6.07) is 11.4. The van der Waals surface area contributed by atoms with Crippen molar-refractivity contribution in [3.63, 3.8) is 0 Å². The van der Waals surface area contributed by atoms with Crippen molar-refractivity contribution in [1.82, 2.24) is 15.4 Å². The molecule has 4 nitrogen and oxygen atoms in total. The Morgan fingerprint density at radius 1 is 1.06 bits per heavy atom. The number of fused-ring (bicyclic) bond motifs is 1. The molecule has 0 fully saturated rings. The number of benzene rings is 2. The molecule has 0 amide bonds. The van der Waals surface area contributed by atoms with Gasteiger partial charge in [-0.2, -0.15) is 15.4 Å². The molecule has 0 saturated heterocycles. The topological polar surface area (TPSA) is 61.8 Å². The second-order valence-electron chi connectivity index (χ2n) is 3.54. The summed E-state index contributed by atoms with van der Waals surface area (Å²) in [6.45, 7) is 0. The van der Waals surface area contributed by atoms with Crippen molar-refractivity contribution in [3.05, 3.63) is 42.6 Å². The van der Waals surface area contributed by atoms with Gasteiger partial charge in [-0.3, -0.25) is 0 Å². The number of H-pyrrole nitrogens is 1. The second-order valence-corrected chi connectivity index (χ2v) is 3.54. The summed E-state index contributed by atoms with van der Waals surface area (Å²) in [7, 11) is 0. The van der Waals surface area contributed by atoms with Gasteiger partial charge in [-0.1, -0.05) is 30.3 Å². The number of nitrogens with one attached hydrogen (secondary N) is 1. The molecule has 0 radical (unpaired) electrons. The van der Waals surface area contributed by atoms with Crippen LogP contribution in [0.4, 0.5) is 0 Å². The lowest BCUT2D eigenvalue weighted by Crippen LogP contribution is -1.83. The summed E-state index contributed by atoms with van der Waals surface area (Å²) in [6.07, 6.45) is 1.60. The number of nitrogens with zero attached hydrogens (tertiary/aromatic N) is 2. The van der Waals surface area contributed by atoms with Crippen LogP contribution < -0.4 is 0 Å². The van der Waals surface area contributed by atoms with Crippen molar-refractivity contribution in [1.29, 1.82) is 0 Å². The Hall–Kier alpha value is -2.36. The number of aromatic amines is 1. The van der Waals surface area contributed by atoms with Crippen LogP contribution in [-0.2, 0) is 0 Å². The van der Waals surface area contributed by atoms with Crippen LogP contribution in [0.3, 0.4) is 0 Å². The molecule has 0 aliphatic rings. The summed E-state index contributed by atoms with van der Waals surface area (Å²) in [5.41, 5.74) is 1.36.